The van der Waals surface area contributed by atoms with Crippen molar-refractivity contribution in [2.75, 3.05) is 20.2 Å². The number of hydrogen-bond acceptors (Lipinski definition) is 2. The second-order valence-electron chi connectivity index (χ2n) is 3.39. The standard InChI is InChI=1S/C9H17NO/c1-8(7-11)6-9-4-3-5-10(9)2/h9,11H,1,3-7H2,2H3. The van der Waals surface area contributed by atoms with E-state index in [4.69, 9.17) is 5.11 Å². The molecule has 0 aromatic heterocycles. The van der Waals surface area contributed by atoms with Crippen molar-refractivity contribution in [2.45, 2.75) is 25.3 Å². The molecule has 1 atom stereocenters. The minimum absolute atomic E-state index is 0.143. The average molecular weight is 155 g/mol. The molecule has 0 aromatic rings. The first-order valence-electron chi connectivity index (χ1n) is 4.22. The Labute approximate surface area is 68.5 Å². The molecule has 1 unspecified atom stereocenters. The lowest BCUT2D eigenvalue weighted by molar-refractivity contribution is 0.284. The highest BCUT2D eigenvalue weighted by Crippen LogP contribution is 2.20. The predicted octanol–water partition coefficient (Wildman–Crippen LogP) is 1.02. The number of likely N-dealkylation sites (tertiary alicyclic amines) is 1. The van der Waals surface area contributed by atoms with E-state index in [1.54, 1.807) is 0 Å². The SMILES string of the molecule is C=C(CO)CC1CCCN1C. The number of aliphatic hydroxyl groups excluding tert-OH is 1. The van der Waals surface area contributed by atoms with E-state index < -0.39 is 0 Å². The Morgan fingerprint density at radius 1 is 1.73 bits per heavy atom. The fraction of sp³-hybridized carbons (Fsp3) is 0.778. The lowest BCUT2D eigenvalue weighted by atomic mass is 10.1. The Kier molecular flexibility index (Phi) is 3.09. The van der Waals surface area contributed by atoms with Crippen LogP contribution < -0.4 is 0 Å². The van der Waals surface area contributed by atoms with Crippen LogP contribution >= 0.6 is 0 Å². The molecule has 1 saturated heterocycles. The number of rotatable bonds is 3. The summed E-state index contributed by atoms with van der Waals surface area (Å²) in [5.41, 5.74) is 0.962. The third kappa shape index (κ3) is 2.31. The van der Waals surface area contributed by atoms with Crippen LogP contribution in [-0.2, 0) is 0 Å². The maximum atomic E-state index is 8.76. The first kappa shape index (κ1) is 8.75. The Balaban J connectivity index is 2.30. The van der Waals surface area contributed by atoms with Gasteiger partial charge in [0.2, 0.25) is 0 Å². The minimum Gasteiger partial charge on any atom is -0.392 e. The fourth-order valence-electron chi connectivity index (χ4n) is 1.63. The van der Waals surface area contributed by atoms with Gasteiger partial charge in [-0.05, 0) is 32.9 Å². The van der Waals surface area contributed by atoms with Crippen LogP contribution in [0.2, 0.25) is 0 Å². The highest BCUT2D eigenvalue weighted by atomic mass is 16.3. The van der Waals surface area contributed by atoms with E-state index >= 15 is 0 Å². The molecule has 0 aromatic carbocycles. The smallest absolute Gasteiger partial charge is 0.0639 e. The van der Waals surface area contributed by atoms with Gasteiger partial charge in [-0.3, -0.25) is 0 Å². The molecule has 11 heavy (non-hydrogen) atoms. The van der Waals surface area contributed by atoms with Crippen LogP contribution in [0.3, 0.4) is 0 Å². The molecule has 1 rings (SSSR count). The quantitative estimate of drug-likeness (QED) is 0.615. The van der Waals surface area contributed by atoms with Crippen LogP contribution in [0.25, 0.3) is 0 Å². The molecule has 1 heterocycles. The summed E-state index contributed by atoms with van der Waals surface area (Å²) in [6.45, 7) is 5.14. The van der Waals surface area contributed by atoms with Gasteiger partial charge in [-0.15, -0.1) is 0 Å². The van der Waals surface area contributed by atoms with Crippen LogP contribution in [0.5, 0.6) is 0 Å². The van der Waals surface area contributed by atoms with Crippen molar-refractivity contribution in [3.63, 3.8) is 0 Å². The van der Waals surface area contributed by atoms with E-state index in [0.29, 0.717) is 6.04 Å². The zero-order valence-corrected chi connectivity index (χ0v) is 7.21. The van der Waals surface area contributed by atoms with Crippen molar-refractivity contribution in [3.8, 4) is 0 Å². The van der Waals surface area contributed by atoms with Crippen molar-refractivity contribution in [1.29, 1.82) is 0 Å². The second kappa shape index (κ2) is 3.88. The molecular formula is C9H17NO. The maximum Gasteiger partial charge on any atom is 0.0639 e. The van der Waals surface area contributed by atoms with Gasteiger partial charge < -0.3 is 10.0 Å². The number of hydrogen-bond donors (Lipinski definition) is 1. The normalized spacial score (nSPS) is 25.8. The molecule has 1 fully saturated rings. The lowest BCUT2D eigenvalue weighted by Gasteiger charge is -2.19. The fourth-order valence-corrected chi connectivity index (χ4v) is 1.63. The molecule has 0 bridgehead atoms. The maximum absolute atomic E-state index is 8.76. The zero-order valence-electron chi connectivity index (χ0n) is 7.21. The topological polar surface area (TPSA) is 23.5 Å². The summed E-state index contributed by atoms with van der Waals surface area (Å²) in [6, 6.07) is 0.634. The zero-order chi connectivity index (χ0) is 8.27. The molecule has 2 nitrogen and oxygen atoms in total. The van der Waals surface area contributed by atoms with E-state index in [2.05, 4.69) is 18.5 Å². The molecule has 0 saturated carbocycles. The van der Waals surface area contributed by atoms with Gasteiger partial charge in [-0.1, -0.05) is 12.2 Å². The van der Waals surface area contributed by atoms with Gasteiger partial charge in [-0.25, -0.2) is 0 Å². The number of nitrogens with zero attached hydrogens (tertiary/aromatic N) is 1. The van der Waals surface area contributed by atoms with E-state index in [-0.39, 0.29) is 6.61 Å². The summed E-state index contributed by atoms with van der Waals surface area (Å²) in [7, 11) is 2.14. The van der Waals surface area contributed by atoms with Crippen LogP contribution in [0.4, 0.5) is 0 Å². The largest absolute Gasteiger partial charge is 0.392 e. The molecule has 0 aliphatic carbocycles. The van der Waals surface area contributed by atoms with Gasteiger partial charge in [0.05, 0.1) is 6.61 Å². The van der Waals surface area contributed by atoms with Crippen LogP contribution in [-0.4, -0.2) is 36.2 Å². The molecular weight excluding hydrogens is 138 g/mol. The van der Waals surface area contributed by atoms with Crippen LogP contribution in [0.15, 0.2) is 12.2 Å². The van der Waals surface area contributed by atoms with E-state index in [9.17, 15) is 0 Å². The molecule has 2 heteroatoms. The summed E-state index contributed by atoms with van der Waals surface area (Å²) < 4.78 is 0. The van der Waals surface area contributed by atoms with E-state index in [1.165, 1.54) is 19.4 Å². The Bertz CT molecular complexity index is 144. The monoisotopic (exact) mass is 155 g/mol. The van der Waals surface area contributed by atoms with Crippen molar-refractivity contribution in [3.05, 3.63) is 12.2 Å². The average Bonchev–Trinajstić information content (AvgIpc) is 2.37. The predicted molar refractivity (Wildman–Crippen MR) is 46.5 cm³/mol. The Morgan fingerprint density at radius 3 is 2.91 bits per heavy atom. The molecule has 1 aliphatic heterocycles. The minimum atomic E-state index is 0.143. The molecule has 1 aliphatic rings. The summed E-state index contributed by atoms with van der Waals surface area (Å²) in [4.78, 5) is 2.35. The van der Waals surface area contributed by atoms with Gasteiger partial charge >= 0.3 is 0 Å². The van der Waals surface area contributed by atoms with Gasteiger partial charge in [0.25, 0.3) is 0 Å². The third-order valence-electron chi connectivity index (χ3n) is 2.42. The van der Waals surface area contributed by atoms with Gasteiger partial charge in [0.15, 0.2) is 0 Å². The molecule has 1 N–H and O–H groups in total. The van der Waals surface area contributed by atoms with E-state index in [1.807, 2.05) is 0 Å². The molecule has 64 valence electrons. The first-order valence-corrected chi connectivity index (χ1v) is 4.22. The van der Waals surface area contributed by atoms with Crippen molar-refractivity contribution in [1.82, 2.24) is 4.90 Å². The highest BCUT2D eigenvalue weighted by molar-refractivity contribution is 4.98. The number of aliphatic hydroxyl groups is 1. The third-order valence-corrected chi connectivity index (χ3v) is 2.42. The highest BCUT2D eigenvalue weighted by Gasteiger charge is 2.20. The summed E-state index contributed by atoms with van der Waals surface area (Å²) in [6.07, 6.45) is 3.52. The van der Waals surface area contributed by atoms with Crippen LogP contribution in [0.1, 0.15) is 19.3 Å². The van der Waals surface area contributed by atoms with Gasteiger partial charge in [-0.2, -0.15) is 0 Å². The molecule has 0 amide bonds. The second-order valence-corrected chi connectivity index (χ2v) is 3.39. The van der Waals surface area contributed by atoms with Crippen LogP contribution in [0, 0.1) is 0 Å². The van der Waals surface area contributed by atoms with Crippen molar-refractivity contribution < 1.29 is 5.11 Å². The Morgan fingerprint density at radius 2 is 2.45 bits per heavy atom. The summed E-state index contributed by atoms with van der Waals surface area (Å²) in [5, 5.41) is 8.76. The van der Waals surface area contributed by atoms with E-state index in [0.717, 1.165) is 12.0 Å². The summed E-state index contributed by atoms with van der Waals surface area (Å²) >= 11 is 0. The van der Waals surface area contributed by atoms with Crippen molar-refractivity contribution >= 4 is 0 Å². The van der Waals surface area contributed by atoms with Crippen molar-refractivity contribution in [2.24, 2.45) is 0 Å². The molecule has 0 spiro atoms. The first-order chi connectivity index (χ1) is 5.24. The Hall–Kier alpha value is -0.340. The van der Waals surface area contributed by atoms with Gasteiger partial charge in [0, 0.05) is 6.04 Å². The van der Waals surface area contributed by atoms with Gasteiger partial charge in [0.1, 0.15) is 0 Å². The summed E-state index contributed by atoms with van der Waals surface area (Å²) in [5.74, 6) is 0. The lowest BCUT2D eigenvalue weighted by Crippen LogP contribution is -2.25. The molecule has 0 radical (unpaired) electrons.